The van der Waals surface area contributed by atoms with E-state index in [1.165, 1.54) is 42.5 Å². The fourth-order valence-corrected chi connectivity index (χ4v) is 3.44. The van der Waals surface area contributed by atoms with Crippen LogP contribution in [0.5, 0.6) is 17.2 Å². The van der Waals surface area contributed by atoms with E-state index in [0.717, 1.165) is 10.6 Å². The second kappa shape index (κ2) is 11.5. The summed E-state index contributed by atoms with van der Waals surface area (Å²) in [5, 5.41) is 12.2. The normalized spacial score (nSPS) is 11.0. The van der Waals surface area contributed by atoms with Gasteiger partial charge in [0.2, 0.25) is 12.2 Å². The first kappa shape index (κ1) is 26.9. The Morgan fingerprint density at radius 3 is 2.26 bits per heavy atom. The minimum Gasteiger partial charge on any atom is -0.482 e. The van der Waals surface area contributed by atoms with Crippen molar-refractivity contribution in [3.8, 4) is 17.2 Å². The first-order valence-electron chi connectivity index (χ1n) is 11.2. The highest BCUT2D eigenvalue weighted by molar-refractivity contribution is 5.79. The van der Waals surface area contributed by atoms with E-state index in [0.29, 0.717) is 18.2 Å². The molecule has 4 rings (SSSR count). The SMILES string of the molecule is O=CN(Nc1cc(C(F)(F)F)ccc1F)c1ccc(Oc2ccc([N+](=O)[O-])c(OCc3ccccc3)c2)cc1. The number of alkyl halides is 3. The number of carbonyl (C=O) groups excluding carboxylic acids is 1. The number of benzene rings is 4. The lowest BCUT2D eigenvalue weighted by Gasteiger charge is -2.21. The van der Waals surface area contributed by atoms with E-state index in [2.05, 4.69) is 5.43 Å². The van der Waals surface area contributed by atoms with E-state index in [1.54, 1.807) is 0 Å². The molecule has 1 N–H and O–H groups in total. The molecule has 0 bridgehead atoms. The van der Waals surface area contributed by atoms with Crippen molar-refractivity contribution in [1.29, 1.82) is 0 Å². The van der Waals surface area contributed by atoms with Crippen LogP contribution in [-0.4, -0.2) is 11.3 Å². The van der Waals surface area contributed by atoms with Gasteiger partial charge in [-0.3, -0.25) is 20.3 Å². The molecule has 0 aromatic heterocycles. The van der Waals surface area contributed by atoms with Crippen molar-refractivity contribution in [1.82, 2.24) is 0 Å². The summed E-state index contributed by atoms with van der Waals surface area (Å²) in [4.78, 5) is 22.4. The second-order valence-corrected chi connectivity index (χ2v) is 8.04. The second-order valence-electron chi connectivity index (χ2n) is 8.04. The van der Waals surface area contributed by atoms with Crippen LogP contribution in [0.4, 0.5) is 34.6 Å². The number of ether oxygens (including phenoxy) is 2. The Bertz CT molecular complexity index is 1460. The Labute approximate surface area is 219 Å². The first-order valence-corrected chi connectivity index (χ1v) is 11.2. The number of nitrogens with one attached hydrogen (secondary N) is 1. The highest BCUT2D eigenvalue weighted by Crippen LogP contribution is 2.35. The topological polar surface area (TPSA) is 93.9 Å². The molecule has 4 aromatic carbocycles. The number of hydrogen-bond donors (Lipinski definition) is 1. The zero-order valence-corrected chi connectivity index (χ0v) is 19.9. The predicted molar refractivity (Wildman–Crippen MR) is 134 cm³/mol. The molecule has 0 radical (unpaired) electrons. The number of hydrogen-bond acceptors (Lipinski definition) is 6. The average Bonchev–Trinajstić information content (AvgIpc) is 2.92. The summed E-state index contributed by atoms with van der Waals surface area (Å²) in [6.07, 6.45) is -4.43. The molecule has 0 atom stereocenters. The summed E-state index contributed by atoms with van der Waals surface area (Å²) in [6, 6.07) is 20.6. The van der Waals surface area contributed by atoms with Crippen LogP contribution in [0.2, 0.25) is 0 Å². The molecule has 200 valence electrons. The number of nitro benzene ring substituents is 1. The first-order chi connectivity index (χ1) is 18.6. The number of amides is 1. The minimum atomic E-state index is -4.69. The van der Waals surface area contributed by atoms with Crippen molar-refractivity contribution in [3.63, 3.8) is 0 Å². The maximum absolute atomic E-state index is 14.1. The number of rotatable bonds is 10. The standard InChI is InChI=1S/C27H19F4N3O5/c28-23-12-6-19(27(29,30)31)14-24(23)32-33(17-35)20-7-9-21(10-8-20)39-22-11-13-25(34(36)37)26(15-22)38-16-18-4-2-1-3-5-18/h1-15,17,32H,16H2. The molecule has 0 saturated carbocycles. The third-order valence-corrected chi connectivity index (χ3v) is 5.36. The summed E-state index contributed by atoms with van der Waals surface area (Å²) in [7, 11) is 0. The molecule has 1 amide bonds. The largest absolute Gasteiger partial charge is 0.482 e. The van der Waals surface area contributed by atoms with E-state index in [1.807, 2.05) is 30.3 Å². The fourth-order valence-electron chi connectivity index (χ4n) is 3.44. The van der Waals surface area contributed by atoms with Gasteiger partial charge < -0.3 is 9.47 Å². The molecule has 12 heteroatoms. The van der Waals surface area contributed by atoms with Crippen LogP contribution in [0.15, 0.2) is 91.0 Å². The zero-order chi connectivity index (χ0) is 28.0. The average molecular weight is 541 g/mol. The molecule has 0 fully saturated rings. The Balaban J connectivity index is 1.49. The smallest absolute Gasteiger partial charge is 0.416 e. The van der Waals surface area contributed by atoms with Crippen molar-refractivity contribution >= 4 is 23.5 Å². The maximum Gasteiger partial charge on any atom is 0.416 e. The number of nitrogens with zero attached hydrogens (tertiary/aromatic N) is 2. The number of carbonyl (C=O) groups is 1. The fraction of sp³-hybridized carbons (Fsp3) is 0.0741. The molecule has 39 heavy (non-hydrogen) atoms. The van der Waals surface area contributed by atoms with Gasteiger partial charge in [0.25, 0.3) is 0 Å². The number of anilines is 2. The molecule has 0 aliphatic heterocycles. The third-order valence-electron chi connectivity index (χ3n) is 5.36. The summed E-state index contributed by atoms with van der Waals surface area (Å²) in [6.45, 7) is 0.0980. The number of hydrazine groups is 1. The summed E-state index contributed by atoms with van der Waals surface area (Å²) >= 11 is 0. The molecule has 0 saturated heterocycles. The molecule has 0 unspecified atom stereocenters. The van der Waals surface area contributed by atoms with Gasteiger partial charge in [-0.05, 0) is 54.1 Å². The van der Waals surface area contributed by atoms with Crippen LogP contribution in [0.1, 0.15) is 11.1 Å². The quantitative estimate of drug-likeness (QED) is 0.0995. The Kier molecular flexibility index (Phi) is 7.94. The van der Waals surface area contributed by atoms with Gasteiger partial charge in [0.05, 0.1) is 21.9 Å². The van der Waals surface area contributed by atoms with Gasteiger partial charge in [0, 0.05) is 12.1 Å². The summed E-state index contributed by atoms with van der Waals surface area (Å²) in [5.74, 6) is -0.485. The van der Waals surface area contributed by atoms with Crippen molar-refractivity contribution < 1.29 is 36.8 Å². The predicted octanol–water partition coefficient (Wildman–Crippen LogP) is 7.11. The van der Waals surface area contributed by atoms with Gasteiger partial charge in [-0.2, -0.15) is 13.2 Å². The maximum atomic E-state index is 14.1. The van der Waals surface area contributed by atoms with Crippen LogP contribution in [-0.2, 0) is 17.6 Å². The highest BCUT2D eigenvalue weighted by Gasteiger charge is 2.31. The molecule has 0 aliphatic carbocycles. The summed E-state index contributed by atoms with van der Waals surface area (Å²) in [5.41, 5.74) is 1.42. The van der Waals surface area contributed by atoms with E-state index >= 15 is 0 Å². The van der Waals surface area contributed by atoms with E-state index in [4.69, 9.17) is 9.47 Å². The Morgan fingerprint density at radius 1 is 0.923 bits per heavy atom. The number of nitro groups is 1. The van der Waals surface area contributed by atoms with Gasteiger partial charge in [0.15, 0.2) is 0 Å². The molecule has 4 aromatic rings. The molecule has 8 nitrogen and oxygen atoms in total. The summed E-state index contributed by atoms with van der Waals surface area (Å²) < 4.78 is 64.4. The lowest BCUT2D eigenvalue weighted by molar-refractivity contribution is -0.386. The van der Waals surface area contributed by atoms with E-state index in [-0.39, 0.29) is 41.6 Å². The third kappa shape index (κ3) is 6.80. The van der Waals surface area contributed by atoms with Crippen LogP contribution in [0.3, 0.4) is 0 Å². The van der Waals surface area contributed by atoms with Crippen molar-refractivity contribution in [2.24, 2.45) is 0 Å². The van der Waals surface area contributed by atoms with Gasteiger partial charge in [-0.15, -0.1) is 0 Å². The lowest BCUT2D eigenvalue weighted by atomic mass is 10.2. The molecular weight excluding hydrogens is 522 g/mol. The van der Waals surface area contributed by atoms with Crippen molar-refractivity contribution in [3.05, 3.63) is 118 Å². The lowest BCUT2D eigenvalue weighted by Crippen LogP contribution is -2.28. The van der Waals surface area contributed by atoms with Crippen molar-refractivity contribution in [2.75, 3.05) is 10.4 Å². The number of halogens is 4. The van der Waals surface area contributed by atoms with Gasteiger partial charge in [0.1, 0.15) is 23.9 Å². The van der Waals surface area contributed by atoms with Gasteiger partial charge >= 0.3 is 11.9 Å². The molecule has 0 aliphatic rings. The Morgan fingerprint density at radius 2 is 1.62 bits per heavy atom. The monoisotopic (exact) mass is 541 g/mol. The van der Waals surface area contributed by atoms with E-state index in [9.17, 15) is 32.5 Å². The Hall–Kier alpha value is -5.13. The molecule has 0 spiro atoms. The van der Waals surface area contributed by atoms with Crippen LogP contribution in [0, 0.1) is 15.9 Å². The van der Waals surface area contributed by atoms with Crippen LogP contribution in [0.25, 0.3) is 0 Å². The molecular formula is C27H19F4N3O5. The molecule has 0 heterocycles. The zero-order valence-electron chi connectivity index (χ0n) is 19.9. The van der Waals surface area contributed by atoms with Crippen LogP contribution < -0.4 is 19.9 Å². The van der Waals surface area contributed by atoms with Gasteiger partial charge in [-0.25, -0.2) is 9.40 Å². The minimum absolute atomic E-state index is 0.00239. The van der Waals surface area contributed by atoms with E-state index < -0.39 is 28.2 Å². The highest BCUT2D eigenvalue weighted by atomic mass is 19.4. The van der Waals surface area contributed by atoms with Crippen LogP contribution >= 0.6 is 0 Å². The van der Waals surface area contributed by atoms with Gasteiger partial charge in [-0.1, -0.05) is 30.3 Å². The van der Waals surface area contributed by atoms with Crippen molar-refractivity contribution in [2.45, 2.75) is 12.8 Å².